The molecule has 0 saturated carbocycles. The summed E-state index contributed by atoms with van der Waals surface area (Å²) in [6.45, 7) is 0.00128. The summed E-state index contributed by atoms with van der Waals surface area (Å²) in [5.41, 5.74) is 0. The molecule has 5 nitrogen and oxygen atoms in total. The van der Waals surface area contributed by atoms with E-state index in [9.17, 15) is 9.59 Å². The van der Waals surface area contributed by atoms with E-state index in [0.29, 0.717) is 5.75 Å². The first kappa shape index (κ1) is 12.2. The normalized spacial score (nSPS) is 11.9. The molecule has 0 aromatic carbocycles. The molecule has 3 N–H and O–H groups in total. The molecule has 0 fully saturated rings. The SMILES string of the molecule is CNC(=O)CNC(=O)C(CS)NC. The molecule has 0 heterocycles. The van der Waals surface area contributed by atoms with Crippen LogP contribution in [0.3, 0.4) is 0 Å². The van der Waals surface area contributed by atoms with Crippen molar-refractivity contribution in [1.82, 2.24) is 16.0 Å². The first-order chi connectivity index (χ1) is 6.15. The Balaban J connectivity index is 3.79. The van der Waals surface area contributed by atoms with Crippen LogP contribution in [0, 0.1) is 0 Å². The van der Waals surface area contributed by atoms with Gasteiger partial charge in [-0.05, 0) is 7.05 Å². The number of hydrogen-bond acceptors (Lipinski definition) is 4. The zero-order valence-corrected chi connectivity index (χ0v) is 8.65. The van der Waals surface area contributed by atoms with Crippen LogP contribution in [0.15, 0.2) is 0 Å². The van der Waals surface area contributed by atoms with E-state index in [-0.39, 0.29) is 24.4 Å². The lowest BCUT2D eigenvalue weighted by atomic mass is 10.3. The Bertz CT molecular complexity index is 183. The van der Waals surface area contributed by atoms with Gasteiger partial charge >= 0.3 is 0 Å². The minimum Gasteiger partial charge on any atom is -0.358 e. The molecule has 0 aromatic rings. The third kappa shape index (κ3) is 4.74. The fraction of sp³-hybridized carbons (Fsp3) is 0.714. The summed E-state index contributed by atoms with van der Waals surface area (Å²) in [7, 11) is 3.18. The number of thiol groups is 1. The molecule has 6 heteroatoms. The topological polar surface area (TPSA) is 70.2 Å². The third-order valence-electron chi connectivity index (χ3n) is 1.55. The number of hydrogen-bond donors (Lipinski definition) is 4. The number of carbonyl (C=O) groups excluding carboxylic acids is 2. The molecule has 0 spiro atoms. The maximum atomic E-state index is 11.2. The molecule has 0 bridgehead atoms. The largest absolute Gasteiger partial charge is 0.358 e. The van der Waals surface area contributed by atoms with Crippen molar-refractivity contribution < 1.29 is 9.59 Å². The van der Waals surface area contributed by atoms with E-state index in [4.69, 9.17) is 0 Å². The Kier molecular flexibility index (Phi) is 6.34. The monoisotopic (exact) mass is 205 g/mol. The Hall–Kier alpha value is -0.750. The molecular formula is C7H15N3O2S. The van der Waals surface area contributed by atoms with Crippen molar-refractivity contribution in [3.8, 4) is 0 Å². The molecular weight excluding hydrogens is 190 g/mol. The Morgan fingerprint density at radius 1 is 1.38 bits per heavy atom. The molecule has 1 atom stereocenters. The summed E-state index contributed by atoms with van der Waals surface area (Å²) in [6.07, 6.45) is 0. The van der Waals surface area contributed by atoms with E-state index in [1.165, 1.54) is 7.05 Å². The number of amides is 2. The number of carbonyl (C=O) groups is 2. The smallest absolute Gasteiger partial charge is 0.239 e. The molecule has 2 amide bonds. The molecule has 13 heavy (non-hydrogen) atoms. The van der Waals surface area contributed by atoms with E-state index in [0.717, 1.165) is 0 Å². The number of likely N-dealkylation sites (N-methyl/N-ethyl adjacent to an activating group) is 2. The predicted molar refractivity (Wildman–Crippen MR) is 53.8 cm³/mol. The summed E-state index contributed by atoms with van der Waals surface area (Å²) in [6, 6.07) is -0.354. The van der Waals surface area contributed by atoms with E-state index in [1.807, 2.05) is 0 Å². The Labute approximate surface area is 83.1 Å². The van der Waals surface area contributed by atoms with Crippen LogP contribution >= 0.6 is 12.6 Å². The van der Waals surface area contributed by atoms with Crippen LogP contribution in [-0.4, -0.2) is 44.2 Å². The van der Waals surface area contributed by atoms with Gasteiger partial charge in [0, 0.05) is 12.8 Å². The highest BCUT2D eigenvalue weighted by molar-refractivity contribution is 7.80. The van der Waals surface area contributed by atoms with Gasteiger partial charge in [0.1, 0.15) is 0 Å². The van der Waals surface area contributed by atoms with Crippen molar-refractivity contribution in [2.45, 2.75) is 6.04 Å². The lowest BCUT2D eigenvalue weighted by molar-refractivity contribution is -0.126. The molecule has 0 saturated heterocycles. The molecule has 0 aliphatic heterocycles. The van der Waals surface area contributed by atoms with E-state index in [2.05, 4.69) is 28.6 Å². The maximum absolute atomic E-state index is 11.2. The van der Waals surface area contributed by atoms with Gasteiger partial charge in [0.2, 0.25) is 11.8 Å². The number of nitrogens with one attached hydrogen (secondary N) is 3. The van der Waals surface area contributed by atoms with Gasteiger partial charge < -0.3 is 16.0 Å². The van der Waals surface area contributed by atoms with Crippen LogP contribution in [0.2, 0.25) is 0 Å². The summed E-state index contributed by atoms with van der Waals surface area (Å²) in [4.78, 5) is 22.0. The van der Waals surface area contributed by atoms with Crippen molar-refractivity contribution >= 4 is 24.4 Å². The first-order valence-corrected chi connectivity index (χ1v) is 4.55. The van der Waals surface area contributed by atoms with Gasteiger partial charge in [0.05, 0.1) is 12.6 Å². The van der Waals surface area contributed by atoms with Crippen molar-refractivity contribution in [3.05, 3.63) is 0 Å². The second-order valence-electron chi connectivity index (χ2n) is 2.41. The van der Waals surface area contributed by atoms with Crippen LogP contribution in [0.4, 0.5) is 0 Å². The highest BCUT2D eigenvalue weighted by Crippen LogP contribution is 1.86. The van der Waals surface area contributed by atoms with Crippen LogP contribution < -0.4 is 16.0 Å². The Morgan fingerprint density at radius 2 is 2.00 bits per heavy atom. The van der Waals surface area contributed by atoms with Crippen molar-refractivity contribution in [3.63, 3.8) is 0 Å². The quantitative estimate of drug-likeness (QED) is 0.407. The van der Waals surface area contributed by atoms with Gasteiger partial charge in [-0.3, -0.25) is 9.59 Å². The highest BCUT2D eigenvalue weighted by Gasteiger charge is 2.14. The van der Waals surface area contributed by atoms with Crippen molar-refractivity contribution in [1.29, 1.82) is 0 Å². The molecule has 76 valence electrons. The summed E-state index contributed by atoms with van der Waals surface area (Å²) >= 11 is 3.98. The molecule has 0 rings (SSSR count). The molecule has 0 aliphatic carbocycles. The van der Waals surface area contributed by atoms with Crippen LogP contribution in [0.25, 0.3) is 0 Å². The van der Waals surface area contributed by atoms with Gasteiger partial charge in [-0.25, -0.2) is 0 Å². The maximum Gasteiger partial charge on any atom is 0.239 e. The fourth-order valence-electron chi connectivity index (χ4n) is 0.684. The van der Waals surface area contributed by atoms with Gasteiger partial charge in [-0.15, -0.1) is 0 Å². The minimum atomic E-state index is -0.354. The van der Waals surface area contributed by atoms with E-state index in [1.54, 1.807) is 7.05 Å². The Morgan fingerprint density at radius 3 is 2.38 bits per heavy atom. The fourth-order valence-corrected chi connectivity index (χ4v) is 1.03. The minimum absolute atomic E-state index is 0.00128. The average molecular weight is 205 g/mol. The molecule has 0 aliphatic rings. The molecule has 0 radical (unpaired) electrons. The van der Waals surface area contributed by atoms with Gasteiger partial charge in [0.25, 0.3) is 0 Å². The lowest BCUT2D eigenvalue weighted by Gasteiger charge is -2.12. The van der Waals surface area contributed by atoms with Gasteiger partial charge in [-0.2, -0.15) is 12.6 Å². The van der Waals surface area contributed by atoms with E-state index >= 15 is 0 Å². The summed E-state index contributed by atoms with van der Waals surface area (Å²) in [5.74, 6) is -0.0423. The van der Waals surface area contributed by atoms with Crippen molar-refractivity contribution in [2.75, 3.05) is 26.4 Å². The second-order valence-corrected chi connectivity index (χ2v) is 2.78. The van der Waals surface area contributed by atoms with Crippen LogP contribution in [-0.2, 0) is 9.59 Å². The predicted octanol–water partition coefficient (Wildman–Crippen LogP) is -1.63. The van der Waals surface area contributed by atoms with Gasteiger partial charge in [0.15, 0.2) is 0 Å². The highest BCUT2D eigenvalue weighted by atomic mass is 32.1. The van der Waals surface area contributed by atoms with Crippen LogP contribution in [0.1, 0.15) is 0 Å². The first-order valence-electron chi connectivity index (χ1n) is 3.92. The summed E-state index contributed by atoms with van der Waals surface area (Å²) in [5, 5.41) is 7.65. The standard InChI is InChI=1S/C7H15N3O2S/c1-8-5(4-13)7(12)10-3-6(11)9-2/h5,8,13H,3-4H2,1-2H3,(H,9,11)(H,10,12). The summed E-state index contributed by atoms with van der Waals surface area (Å²) < 4.78 is 0. The molecule has 0 aromatic heterocycles. The zero-order valence-electron chi connectivity index (χ0n) is 7.76. The second kappa shape index (κ2) is 6.73. The van der Waals surface area contributed by atoms with Crippen LogP contribution in [0.5, 0.6) is 0 Å². The third-order valence-corrected chi connectivity index (χ3v) is 1.91. The zero-order chi connectivity index (χ0) is 10.3. The molecule has 1 unspecified atom stereocenters. The number of rotatable bonds is 5. The lowest BCUT2D eigenvalue weighted by Crippen LogP contribution is -2.46. The average Bonchev–Trinajstić information content (AvgIpc) is 2.16. The van der Waals surface area contributed by atoms with E-state index < -0.39 is 0 Å². The van der Waals surface area contributed by atoms with Crippen molar-refractivity contribution in [2.24, 2.45) is 0 Å². The van der Waals surface area contributed by atoms with Gasteiger partial charge in [-0.1, -0.05) is 0 Å².